The molecule has 2 rings (SSSR count). The number of hydrogen-bond donors (Lipinski definition) is 2. The van der Waals surface area contributed by atoms with Crippen molar-refractivity contribution in [2.24, 2.45) is 5.73 Å². The van der Waals surface area contributed by atoms with Crippen molar-refractivity contribution in [2.75, 3.05) is 13.7 Å². The Bertz CT molecular complexity index is 807. The number of carbonyl (C=O) groups excluding carboxylic acids is 1. The van der Waals surface area contributed by atoms with Gasteiger partial charge in [0, 0.05) is 24.7 Å². The van der Waals surface area contributed by atoms with Crippen LogP contribution in [0.1, 0.15) is 16.7 Å². The standard InChI is InChI=1S/C18H21N3O5/c1-12-3-4-13(7-15(12)21(23)24)9-20-10-14-5-6-16(17(8-14)25-2)26-11-18(19)22/h3-8,20H,9-11H2,1-2H3,(H2,19,22). The second-order valence-corrected chi connectivity index (χ2v) is 5.72. The van der Waals surface area contributed by atoms with E-state index in [1.54, 1.807) is 31.2 Å². The number of primary amides is 1. The van der Waals surface area contributed by atoms with Gasteiger partial charge < -0.3 is 20.5 Å². The van der Waals surface area contributed by atoms with Crippen molar-refractivity contribution in [3.05, 3.63) is 63.2 Å². The molecule has 0 aliphatic rings. The number of ether oxygens (including phenoxy) is 2. The third-order valence-corrected chi connectivity index (χ3v) is 3.73. The minimum absolute atomic E-state index is 0.113. The minimum atomic E-state index is -0.565. The van der Waals surface area contributed by atoms with Gasteiger partial charge in [0.05, 0.1) is 12.0 Å². The molecule has 0 aliphatic heterocycles. The van der Waals surface area contributed by atoms with E-state index in [9.17, 15) is 14.9 Å². The number of nitro groups is 1. The van der Waals surface area contributed by atoms with Gasteiger partial charge in [-0.05, 0) is 30.2 Å². The summed E-state index contributed by atoms with van der Waals surface area (Å²) in [5, 5.41) is 14.2. The van der Waals surface area contributed by atoms with Gasteiger partial charge >= 0.3 is 0 Å². The number of nitrogens with zero attached hydrogens (tertiary/aromatic N) is 1. The van der Waals surface area contributed by atoms with Crippen LogP contribution in [-0.2, 0) is 17.9 Å². The summed E-state index contributed by atoms with van der Waals surface area (Å²) >= 11 is 0. The highest BCUT2D eigenvalue weighted by Gasteiger charge is 2.11. The van der Waals surface area contributed by atoms with Crippen LogP contribution < -0.4 is 20.5 Å². The number of benzene rings is 2. The average Bonchev–Trinajstić information content (AvgIpc) is 2.61. The van der Waals surface area contributed by atoms with E-state index in [1.807, 2.05) is 12.1 Å². The molecule has 0 aliphatic carbocycles. The lowest BCUT2D eigenvalue weighted by Crippen LogP contribution is -2.20. The Morgan fingerprint density at radius 2 is 1.81 bits per heavy atom. The Labute approximate surface area is 151 Å². The fraction of sp³-hybridized carbons (Fsp3) is 0.278. The molecule has 138 valence electrons. The van der Waals surface area contributed by atoms with Crippen LogP contribution in [0.4, 0.5) is 5.69 Å². The van der Waals surface area contributed by atoms with Crippen LogP contribution in [0, 0.1) is 17.0 Å². The maximum atomic E-state index is 11.0. The van der Waals surface area contributed by atoms with Crippen LogP contribution in [0.3, 0.4) is 0 Å². The van der Waals surface area contributed by atoms with E-state index < -0.39 is 5.91 Å². The van der Waals surface area contributed by atoms with Crippen molar-refractivity contribution >= 4 is 11.6 Å². The van der Waals surface area contributed by atoms with Crippen molar-refractivity contribution in [3.63, 3.8) is 0 Å². The van der Waals surface area contributed by atoms with E-state index in [1.165, 1.54) is 7.11 Å². The first-order valence-electron chi connectivity index (χ1n) is 7.93. The van der Waals surface area contributed by atoms with Crippen molar-refractivity contribution in [1.82, 2.24) is 5.32 Å². The van der Waals surface area contributed by atoms with Gasteiger partial charge in [0.2, 0.25) is 0 Å². The highest BCUT2D eigenvalue weighted by Crippen LogP contribution is 2.28. The predicted molar refractivity (Wildman–Crippen MR) is 96.1 cm³/mol. The summed E-state index contributed by atoms with van der Waals surface area (Å²) < 4.78 is 10.5. The van der Waals surface area contributed by atoms with Crippen molar-refractivity contribution in [2.45, 2.75) is 20.0 Å². The van der Waals surface area contributed by atoms with Crippen LogP contribution in [0.5, 0.6) is 11.5 Å². The highest BCUT2D eigenvalue weighted by atomic mass is 16.6. The monoisotopic (exact) mass is 359 g/mol. The number of nitro benzene ring substituents is 1. The summed E-state index contributed by atoms with van der Waals surface area (Å²) in [5.41, 5.74) is 7.58. The van der Waals surface area contributed by atoms with E-state index in [0.29, 0.717) is 30.2 Å². The van der Waals surface area contributed by atoms with Gasteiger partial charge in [-0.2, -0.15) is 0 Å². The molecule has 0 aromatic heterocycles. The maximum Gasteiger partial charge on any atom is 0.272 e. The lowest BCUT2D eigenvalue weighted by atomic mass is 10.1. The van der Waals surface area contributed by atoms with E-state index in [0.717, 1.165) is 11.1 Å². The largest absolute Gasteiger partial charge is 0.493 e. The number of amides is 1. The van der Waals surface area contributed by atoms with Crippen LogP contribution >= 0.6 is 0 Å². The molecule has 0 radical (unpaired) electrons. The molecule has 0 atom stereocenters. The zero-order valence-corrected chi connectivity index (χ0v) is 14.7. The zero-order valence-electron chi connectivity index (χ0n) is 14.7. The van der Waals surface area contributed by atoms with Crippen LogP contribution in [0.15, 0.2) is 36.4 Å². The minimum Gasteiger partial charge on any atom is -0.493 e. The lowest BCUT2D eigenvalue weighted by Gasteiger charge is -2.12. The Kier molecular flexibility index (Phi) is 6.51. The molecule has 8 heteroatoms. The van der Waals surface area contributed by atoms with E-state index in [4.69, 9.17) is 15.2 Å². The molecule has 0 saturated heterocycles. The number of nitrogens with one attached hydrogen (secondary N) is 1. The third-order valence-electron chi connectivity index (χ3n) is 3.73. The summed E-state index contributed by atoms with van der Waals surface area (Å²) in [6.07, 6.45) is 0. The summed E-state index contributed by atoms with van der Waals surface area (Å²) in [7, 11) is 1.51. The smallest absolute Gasteiger partial charge is 0.272 e. The fourth-order valence-corrected chi connectivity index (χ4v) is 2.40. The first kappa shape index (κ1) is 19.2. The molecule has 0 saturated carbocycles. The Morgan fingerprint density at radius 1 is 1.15 bits per heavy atom. The molecular formula is C18H21N3O5. The van der Waals surface area contributed by atoms with E-state index in [2.05, 4.69) is 5.32 Å². The average molecular weight is 359 g/mol. The summed E-state index contributed by atoms with van der Waals surface area (Å²) in [4.78, 5) is 21.4. The van der Waals surface area contributed by atoms with Gasteiger partial charge in [-0.25, -0.2) is 0 Å². The summed E-state index contributed by atoms with van der Waals surface area (Å²) in [5.74, 6) is 0.366. The Morgan fingerprint density at radius 3 is 2.42 bits per heavy atom. The van der Waals surface area contributed by atoms with Crippen molar-refractivity contribution in [1.29, 1.82) is 0 Å². The first-order valence-corrected chi connectivity index (χ1v) is 7.93. The molecule has 2 aromatic rings. The molecule has 3 N–H and O–H groups in total. The molecule has 0 spiro atoms. The number of hydrogen-bond acceptors (Lipinski definition) is 6. The number of nitrogens with two attached hydrogens (primary N) is 1. The normalized spacial score (nSPS) is 10.4. The lowest BCUT2D eigenvalue weighted by molar-refractivity contribution is -0.385. The summed E-state index contributed by atoms with van der Waals surface area (Å²) in [6.45, 7) is 2.52. The van der Waals surface area contributed by atoms with Gasteiger partial charge in [-0.15, -0.1) is 0 Å². The second kappa shape index (κ2) is 8.82. The van der Waals surface area contributed by atoms with Crippen LogP contribution in [0.2, 0.25) is 0 Å². The van der Waals surface area contributed by atoms with Gasteiger partial charge in [-0.3, -0.25) is 14.9 Å². The molecule has 0 unspecified atom stereocenters. The van der Waals surface area contributed by atoms with Crippen LogP contribution in [0.25, 0.3) is 0 Å². The van der Waals surface area contributed by atoms with E-state index in [-0.39, 0.29) is 17.2 Å². The molecule has 8 nitrogen and oxygen atoms in total. The zero-order chi connectivity index (χ0) is 19.1. The van der Waals surface area contributed by atoms with Crippen molar-refractivity contribution in [3.8, 4) is 11.5 Å². The molecule has 1 amide bonds. The molecule has 0 heterocycles. The van der Waals surface area contributed by atoms with Gasteiger partial charge in [0.1, 0.15) is 0 Å². The maximum absolute atomic E-state index is 11.0. The van der Waals surface area contributed by atoms with Crippen molar-refractivity contribution < 1.29 is 19.2 Å². The summed E-state index contributed by atoms with van der Waals surface area (Å²) in [6, 6.07) is 10.5. The van der Waals surface area contributed by atoms with Gasteiger partial charge in [-0.1, -0.05) is 18.2 Å². The number of aryl methyl sites for hydroxylation is 1. The number of carbonyl (C=O) groups is 1. The highest BCUT2D eigenvalue weighted by molar-refractivity contribution is 5.75. The topological polar surface area (TPSA) is 117 Å². The first-order chi connectivity index (χ1) is 12.4. The molecular weight excluding hydrogens is 338 g/mol. The van der Waals surface area contributed by atoms with Gasteiger partial charge in [0.15, 0.2) is 18.1 Å². The second-order valence-electron chi connectivity index (χ2n) is 5.72. The fourth-order valence-electron chi connectivity index (χ4n) is 2.40. The molecule has 0 bridgehead atoms. The third kappa shape index (κ3) is 5.18. The van der Waals surface area contributed by atoms with E-state index >= 15 is 0 Å². The Hall–Kier alpha value is -3.13. The molecule has 0 fully saturated rings. The SMILES string of the molecule is COc1cc(CNCc2ccc(C)c([N+](=O)[O-])c2)ccc1OCC(N)=O. The molecule has 2 aromatic carbocycles. The Balaban J connectivity index is 1.98. The van der Waals surface area contributed by atoms with Crippen LogP contribution in [-0.4, -0.2) is 24.5 Å². The number of methoxy groups -OCH3 is 1. The number of rotatable bonds is 9. The quantitative estimate of drug-likeness (QED) is 0.523. The molecule has 26 heavy (non-hydrogen) atoms. The predicted octanol–water partition coefficient (Wildman–Crippen LogP) is 2.07. The van der Waals surface area contributed by atoms with Gasteiger partial charge in [0.25, 0.3) is 11.6 Å².